The molecule has 0 spiro atoms. The van der Waals surface area contributed by atoms with Crippen LogP contribution in [0.5, 0.6) is 0 Å². The molecule has 1 aromatic heterocycles. The van der Waals surface area contributed by atoms with Gasteiger partial charge in [0.1, 0.15) is 5.76 Å². The summed E-state index contributed by atoms with van der Waals surface area (Å²) in [6.07, 6.45) is 1.60. The van der Waals surface area contributed by atoms with Crippen molar-refractivity contribution in [2.75, 3.05) is 25.5 Å². The third-order valence-corrected chi connectivity index (χ3v) is 3.32. The molecule has 0 saturated heterocycles. The number of hydrogen-bond donors (Lipinski definition) is 2. The number of carbonyl (C=O) groups is 2. The second-order valence-electron chi connectivity index (χ2n) is 5.02. The lowest BCUT2D eigenvalue weighted by molar-refractivity contribution is -0.137. The number of anilines is 1. The molecule has 0 unspecified atom stereocenters. The van der Waals surface area contributed by atoms with Crippen molar-refractivity contribution < 1.29 is 14.1 Å². The van der Waals surface area contributed by atoms with E-state index >= 15 is 0 Å². The maximum Gasteiger partial charge on any atom is 0.245 e. The van der Waals surface area contributed by atoms with Crippen LogP contribution in [-0.2, 0) is 9.59 Å². The van der Waals surface area contributed by atoms with Crippen LogP contribution >= 0.6 is 0 Å². The van der Waals surface area contributed by atoms with Gasteiger partial charge in [-0.3, -0.25) is 9.59 Å². The van der Waals surface area contributed by atoms with Crippen LogP contribution < -0.4 is 11.1 Å². The standard InChI is InChI=1S/C12H18N4O3/c1-8-5-9(15-19-8)14-10(17)6-16(2)11(18)12(7-13)3-4-12/h5H,3-4,6-7,13H2,1-2H3,(H,14,15,17). The second-order valence-corrected chi connectivity index (χ2v) is 5.02. The molecule has 0 atom stereocenters. The van der Waals surface area contributed by atoms with Gasteiger partial charge < -0.3 is 20.5 Å². The van der Waals surface area contributed by atoms with Crippen LogP contribution in [0.3, 0.4) is 0 Å². The van der Waals surface area contributed by atoms with E-state index < -0.39 is 5.41 Å². The van der Waals surface area contributed by atoms with Crippen molar-refractivity contribution >= 4 is 17.6 Å². The average molecular weight is 266 g/mol. The van der Waals surface area contributed by atoms with Gasteiger partial charge in [-0.2, -0.15) is 0 Å². The first kappa shape index (κ1) is 13.5. The lowest BCUT2D eigenvalue weighted by atomic mass is 10.1. The predicted molar refractivity (Wildman–Crippen MR) is 68.2 cm³/mol. The lowest BCUT2D eigenvalue weighted by Gasteiger charge is -2.21. The molecular weight excluding hydrogens is 248 g/mol. The van der Waals surface area contributed by atoms with Crippen LogP contribution in [0.4, 0.5) is 5.82 Å². The Labute approximate surface area is 111 Å². The summed E-state index contributed by atoms with van der Waals surface area (Å²) in [5.74, 6) is 0.585. The monoisotopic (exact) mass is 266 g/mol. The Kier molecular flexibility index (Phi) is 3.57. The Morgan fingerprint density at radius 2 is 2.26 bits per heavy atom. The van der Waals surface area contributed by atoms with Gasteiger partial charge in [0.25, 0.3) is 0 Å². The SMILES string of the molecule is Cc1cc(NC(=O)CN(C)C(=O)C2(CN)CC2)no1. The highest BCUT2D eigenvalue weighted by Gasteiger charge is 2.50. The molecule has 1 aromatic rings. The van der Waals surface area contributed by atoms with Gasteiger partial charge in [0.15, 0.2) is 5.82 Å². The fourth-order valence-corrected chi connectivity index (χ4v) is 1.96. The maximum atomic E-state index is 12.1. The van der Waals surface area contributed by atoms with Crippen molar-refractivity contribution in [2.24, 2.45) is 11.1 Å². The van der Waals surface area contributed by atoms with E-state index in [9.17, 15) is 9.59 Å². The number of nitrogens with two attached hydrogens (primary N) is 1. The van der Waals surface area contributed by atoms with Gasteiger partial charge in [-0.1, -0.05) is 5.16 Å². The molecular formula is C12H18N4O3. The molecule has 7 nitrogen and oxygen atoms in total. The minimum atomic E-state index is -0.431. The Morgan fingerprint density at radius 3 is 2.74 bits per heavy atom. The van der Waals surface area contributed by atoms with E-state index in [2.05, 4.69) is 10.5 Å². The van der Waals surface area contributed by atoms with Crippen molar-refractivity contribution in [3.63, 3.8) is 0 Å². The average Bonchev–Trinajstić information content (AvgIpc) is 3.07. The smallest absolute Gasteiger partial charge is 0.245 e. The van der Waals surface area contributed by atoms with E-state index in [1.54, 1.807) is 20.0 Å². The normalized spacial score (nSPS) is 15.9. The summed E-state index contributed by atoms with van der Waals surface area (Å²) in [4.78, 5) is 25.2. The van der Waals surface area contributed by atoms with Gasteiger partial charge in [0, 0.05) is 19.7 Å². The molecule has 104 valence electrons. The zero-order chi connectivity index (χ0) is 14.0. The van der Waals surface area contributed by atoms with Crippen molar-refractivity contribution in [1.29, 1.82) is 0 Å². The number of aromatic nitrogens is 1. The van der Waals surface area contributed by atoms with E-state index in [0.29, 0.717) is 18.1 Å². The van der Waals surface area contributed by atoms with Crippen LogP contribution in [0.25, 0.3) is 0 Å². The van der Waals surface area contributed by atoms with Crippen molar-refractivity contribution in [3.05, 3.63) is 11.8 Å². The van der Waals surface area contributed by atoms with Crippen LogP contribution in [0.15, 0.2) is 10.6 Å². The molecule has 1 aliphatic rings. The van der Waals surface area contributed by atoms with Crippen LogP contribution in [-0.4, -0.2) is 42.0 Å². The van der Waals surface area contributed by atoms with Crippen LogP contribution in [0.1, 0.15) is 18.6 Å². The van der Waals surface area contributed by atoms with E-state index in [0.717, 1.165) is 12.8 Å². The number of rotatable bonds is 5. The summed E-state index contributed by atoms with van der Waals surface area (Å²) in [6.45, 7) is 2.04. The van der Waals surface area contributed by atoms with Crippen molar-refractivity contribution in [1.82, 2.24) is 10.1 Å². The van der Waals surface area contributed by atoms with Crippen LogP contribution in [0, 0.1) is 12.3 Å². The molecule has 1 heterocycles. The van der Waals surface area contributed by atoms with Gasteiger partial charge in [-0.05, 0) is 19.8 Å². The summed E-state index contributed by atoms with van der Waals surface area (Å²) in [7, 11) is 1.60. The number of likely N-dealkylation sites (N-methyl/N-ethyl adjacent to an activating group) is 1. The highest BCUT2D eigenvalue weighted by Crippen LogP contribution is 2.45. The fourth-order valence-electron chi connectivity index (χ4n) is 1.96. The first-order valence-electron chi connectivity index (χ1n) is 6.16. The number of aryl methyl sites for hydroxylation is 1. The van der Waals surface area contributed by atoms with E-state index in [4.69, 9.17) is 10.3 Å². The zero-order valence-corrected chi connectivity index (χ0v) is 11.1. The van der Waals surface area contributed by atoms with E-state index in [1.807, 2.05) is 0 Å². The van der Waals surface area contributed by atoms with Crippen molar-refractivity contribution in [3.8, 4) is 0 Å². The number of amides is 2. The Morgan fingerprint density at radius 1 is 1.58 bits per heavy atom. The first-order chi connectivity index (χ1) is 8.97. The lowest BCUT2D eigenvalue weighted by Crippen LogP contribution is -2.42. The van der Waals surface area contributed by atoms with Gasteiger partial charge in [0.2, 0.25) is 11.8 Å². The molecule has 2 amide bonds. The highest BCUT2D eigenvalue weighted by atomic mass is 16.5. The summed E-state index contributed by atoms with van der Waals surface area (Å²) >= 11 is 0. The molecule has 1 saturated carbocycles. The van der Waals surface area contributed by atoms with Crippen molar-refractivity contribution in [2.45, 2.75) is 19.8 Å². The number of hydrogen-bond acceptors (Lipinski definition) is 5. The first-order valence-corrected chi connectivity index (χ1v) is 6.16. The molecule has 1 aliphatic carbocycles. The molecule has 0 aromatic carbocycles. The molecule has 1 fully saturated rings. The summed E-state index contributed by atoms with van der Waals surface area (Å²) in [5.41, 5.74) is 5.16. The second kappa shape index (κ2) is 5.00. The van der Waals surface area contributed by atoms with Gasteiger partial charge in [0.05, 0.1) is 12.0 Å². The highest BCUT2D eigenvalue weighted by molar-refractivity contribution is 5.95. The van der Waals surface area contributed by atoms with Crippen LogP contribution in [0.2, 0.25) is 0 Å². The van der Waals surface area contributed by atoms with Gasteiger partial charge in [-0.15, -0.1) is 0 Å². The quantitative estimate of drug-likeness (QED) is 0.788. The van der Waals surface area contributed by atoms with E-state index in [1.165, 1.54) is 4.90 Å². The number of nitrogens with zero attached hydrogens (tertiary/aromatic N) is 2. The Balaban J connectivity index is 1.87. The maximum absolute atomic E-state index is 12.1. The molecule has 19 heavy (non-hydrogen) atoms. The largest absolute Gasteiger partial charge is 0.360 e. The Bertz CT molecular complexity index is 493. The molecule has 0 aliphatic heterocycles. The minimum Gasteiger partial charge on any atom is -0.360 e. The number of nitrogens with one attached hydrogen (secondary N) is 1. The van der Waals surface area contributed by atoms with E-state index in [-0.39, 0.29) is 18.4 Å². The topological polar surface area (TPSA) is 101 Å². The number of carbonyl (C=O) groups excluding carboxylic acids is 2. The third kappa shape index (κ3) is 2.93. The summed E-state index contributed by atoms with van der Waals surface area (Å²) in [6, 6.07) is 1.61. The molecule has 3 N–H and O–H groups in total. The molecule has 0 bridgehead atoms. The zero-order valence-electron chi connectivity index (χ0n) is 11.1. The predicted octanol–water partition coefficient (Wildman–Crippen LogP) is 0.119. The summed E-state index contributed by atoms with van der Waals surface area (Å²) < 4.78 is 4.84. The molecule has 2 rings (SSSR count). The molecule has 7 heteroatoms. The Hall–Kier alpha value is -1.89. The van der Waals surface area contributed by atoms with Gasteiger partial charge in [-0.25, -0.2) is 0 Å². The third-order valence-electron chi connectivity index (χ3n) is 3.32. The minimum absolute atomic E-state index is 0.0213. The fraction of sp³-hybridized carbons (Fsp3) is 0.583. The van der Waals surface area contributed by atoms with Gasteiger partial charge >= 0.3 is 0 Å². The summed E-state index contributed by atoms with van der Waals surface area (Å²) in [5, 5.41) is 6.22. The molecule has 0 radical (unpaired) electrons.